The summed E-state index contributed by atoms with van der Waals surface area (Å²) in [7, 11) is 1.59. The summed E-state index contributed by atoms with van der Waals surface area (Å²) in [5.41, 5.74) is 2.60. The molecule has 0 spiro atoms. The summed E-state index contributed by atoms with van der Waals surface area (Å²) in [6, 6.07) is 15.2. The summed E-state index contributed by atoms with van der Waals surface area (Å²) in [5, 5.41) is 5.98. The highest BCUT2D eigenvalue weighted by molar-refractivity contribution is 5.95. The van der Waals surface area contributed by atoms with Crippen LogP contribution >= 0.6 is 0 Å². The van der Waals surface area contributed by atoms with Crippen molar-refractivity contribution < 1.29 is 14.3 Å². The number of benzene rings is 2. The largest absolute Gasteiger partial charge is 0.495 e. The van der Waals surface area contributed by atoms with E-state index in [4.69, 9.17) is 4.74 Å². The van der Waals surface area contributed by atoms with Crippen LogP contribution in [0.1, 0.15) is 31.2 Å². The van der Waals surface area contributed by atoms with E-state index in [-0.39, 0.29) is 23.7 Å². The Hall–Kier alpha value is -2.82. The first kappa shape index (κ1) is 19.0. The number of carbonyl (C=O) groups excluding carboxylic acids is 2. The normalized spacial score (nSPS) is 19.2. The minimum Gasteiger partial charge on any atom is -0.495 e. The molecule has 2 aromatic carbocycles. The number of nitrogens with one attached hydrogen (secondary N) is 2. The van der Waals surface area contributed by atoms with Crippen molar-refractivity contribution in [1.29, 1.82) is 0 Å². The van der Waals surface area contributed by atoms with Crippen LogP contribution in [0.15, 0.2) is 48.5 Å². The lowest BCUT2D eigenvalue weighted by molar-refractivity contribution is -0.125. The molecule has 0 unspecified atom stereocenters. The third-order valence-corrected chi connectivity index (χ3v) is 5.24. The fourth-order valence-corrected chi connectivity index (χ4v) is 3.55. The van der Waals surface area contributed by atoms with E-state index >= 15 is 0 Å². The number of rotatable bonds is 5. The van der Waals surface area contributed by atoms with E-state index in [9.17, 15) is 9.59 Å². The fourth-order valence-electron chi connectivity index (χ4n) is 3.55. The third-order valence-electron chi connectivity index (χ3n) is 5.24. The molecule has 1 aliphatic rings. The molecule has 1 saturated carbocycles. The Labute approximate surface area is 160 Å². The molecule has 142 valence electrons. The van der Waals surface area contributed by atoms with Crippen LogP contribution in [0.25, 0.3) is 0 Å². The molecule has 1 fully saturated rings. The molecule has 1 aliphatic carbocycles. The molecule has 0 atom stereocenters. The number of aryl methyl sites for hydroxylation is 1. The molecule has 0 saturated heterocycles. The van der Waals surface area contributed by atoms with Gasteiger partial charge in [-0.1, -0.05) is 30.3 Å². The highest BCUT2D eigenvalue weighted by Gasteiger charge is 2.30. The van der Waals surface area contributed by atoms with Gasteiger partial charge in [0.15, 0.2) is 0 Å². The van der Waals surface area contributed by atoms with E-state index in [1.54, 1.807) is 7.11 Å². The average Bonchev–Trinajstić information content (AvgIpc) is 2.70. The van der Waals surface area contributed by atoms with Crippen molar-refractivity contribution >= 4 is 23.2 Å². The first-order valence-corrected chi connectivity index (χ1v) is 9.39. The van der Waals surface area contributed by atoms with Crippen molar-refractivity contribution in [2.75, 3.05) is 17.7 Å². The molecule has 0 radical (unpaired) electrons. The summed E-state index contributed by atoms with van der Waals surface area (Å²) in [5.74, 6) is 0.583. The van der Waals surface area contributed by atoms with Gasteiger partial charge in [0, 0.05) is 17.5 Å². The Morgan fingerprint density at radius 1 is 0.815 bits per heavy atom. The molecule has 2 N–H and O–H groups in total. The molecule has 2 aromatic rings. The number of carbonyl (C=O) groups is 2. The van der Waals surface area contributed by atoms with Crippen molar-refractivity contribution in [2.24, 2.45) is 11.8 Å². The lowest BCUT2D eigenvalue weighted by Gasteiger charge is -2.27. The zero-order valence-electron chi connectivity index (χ0n) is 15.8. The maximum atomic E-state index is 12.6. The van der Waals surface area contributed by atoms with Crippen molar-refractivity contribution in [2.45, 2.75) is 32.6 Å². The van der Waals surface area contributed by atoms with E-state index in [0.717, 1.165) is 24.1 Å². The Morgan fingerprint density at radius 3 is 1.85 bits per heavy atom. The van der Waals surface area contributed by atoms with Gasteiger partial charge in [0.25, 0.3) is 0 Å². The minimum absolute atomic E-state index is 0.00254. The highest BCUT2D eigenvalue weighted by Crippen LogP contribution is 2.32. The zero-order chi connectivity index (χ0) is 19.2. The molecule has 2 amide bonds. The van der Waals surface area contributed by atoms with Crippen LogP contribution in [0.4, 0.5) is 11.4 Å². The predicted octanol–water partition coefficient (Wildman–Crippen LogP) is 4.39. The third kappa shape index (κ3) is 4.67. The monoisotopic (exact) mass is 366 g/mol. The van der Waals surface area contributed by atoms with Gasteiger partial charge in [-0.3, -0.25) is 9.59 Å². The van der Waals surface area contributed by atoms with E-state index in [2.05, 4.69) is 10.6 Å². The van der Waals surface area contributed by atoms with E-state index in [0.29, 0.717) is 24.3 Å². The average molecular weight is 366 g/mol. The van der Waals surface area contributed by atoms with Crippen LogP contribution < -0.4 is 15.4 Å². The first-order chi connectivity index (χ1) is 13.1. The molecule has 0 heterocycles. The predicted molar refractivity (Wildman–Crippen MR) is 107 cm³/mol. The molecule has 5 heteroatoms. The molecular formula is C22H26N2O3. The first-order valence-electron chi connectivity index (χ1n) is 9.39. The highest BCUT2D eigenvalue weighted by atomic mass is 16.5. The van der Waals surface area contributed by atoms with Crippen molar-refractivity contribution in [3.05, 3.63) is 54.1 Å². The van der Waals surface area contributed by atoms with Gasteiger partial charge in [0.2, 0.25) is 11.8 Å². The van der Waals surface area contributed by atoms with Crippen LogP contribution in [0.2, 0.25) is 0 Å². The van der Waals surface area contributed by atoms with E-state index < -0.39 is 0 Å². The molecule has 0 aliphatic heterocycles. The second-order valence-corrected chi connectivity index (χ2v) is 7.04. The maximum absolute atomic E-state index is 12.6. The van der Waals surface area contributed by atoms with Crippen molar-refractivity contribution in [3.8, 4) is 5.75 Å². The topological polar surface area (TPSA) is 67.4 Å². The van der Waals surface area contributed by atoms with Gasteiger partial charge in [-0.25, -0.2) is 0 Å². The zero-order valence-corrected chi connectivity index (χ0v) is 15.8. The SMILES string of the molecule is COc1ccccc1NC(=O)C1CCC(C(=O)Nc2ccccc2C)CC1. The number of hydrogen-bond acceptors (Lipinski definition) is 3. The lowest BCUT2D eigenvalue weighted by atomic mass is 9.81. The maximum Gasteiger partial charge on any atom is 0.227 e. The van der Waals surface area contributed by atoms with Gasteiger partial charge in [0.1, 0.15) is 5.75 Å². The van der Waals surface area contributed by atoms with E-state index in [1.165, 1.54) is 0 Å². The summed E-state index contributed by atoms with van der Waals surface area (Å²) in [4.78, 5) is 25.1. The van der Waals surface area contributed by atoms with Crippen LogP contribution in [0, 0.1) is 18.8 Å². The van der Waals surface area contributed by atoms with Crippen LogP contribution in [-0.2, 0) is 9.59 Å². The lowest BCUT2D eigenvalue weighted by Crippen LogP contribution is -2.32. The van der Waals surface area contributed by atoms with Gasteiger partial charge in [0.05, 0.1) is 12.8 Å². The quantitative estimate of drug-likeness (QED) is 0.825. The van der Waals surface area contributed by atoms with Crippen LogP contribution in [-0.4, -0.2) is 18.9 Å². The summed E-state index contributed by atoms with van der Waals surface area (Å²) >= 11 is 0. The Balaban J connectivity index is 1.53. The van der Waals surface area contributed by atoms with Crippen molar-refractivity contribution in [3.63, 3.8) is 0 Å². The number of para-hydroxylation sites is 3. The van der Waals surface area contributed by atoms with Gasteiger partial charge in [-0.05, 0) is 56.4 Å². The standard InChI is InChI=1S/C22H26N2O3/c1-15-7-3-4-8-18(15)23-21(25)16-11-13-17(14-12-16)22(26)24-19-9-5-6-10-20(19)27-2/h3-10,16-17H,11-14H2,1-2H3,(H,23,25)(H,24,26). The number of anilines is 2. The number of hydrogen-bond donors (Lipinski definition) is 2. The molecule has 27 heavy (non-hydrogen) atoms. The van der Waals surface area contributed by atoms with Crippen molar-refractivity contribution in [1.82, 2.24) is 0 Å². The molecular weight excluding hydrogens is 340 g/mol. The van der Waals surface area contributed by atoms with Crippen LogP contribution in [0.5, 0.6) is 5.75 Å². The molecule has 5 nitrogen and oxygen atoms in total. The smallest absolute Gasteiger partial charge is 0.227 e. The fraction of sp³-hybridized carbons (Fsp3) is 0.364. The summed E-state index contributed by atoms with van der Waals surface area (Å²) in [6.07, 6.45) is 2.88. The Bertz CT molecular complexity index is 811. The van der Waals surface area contributed by atoms with Gasteiger partial charge < -0.3 is 15.4 Å². The second-order valence-electron chi connectivity index (χ2n) is 7.04. The summed E-state index contributed by atoms with van der Waals surface area (Å²) in [6.45, 7) is 1.98. The Morgan fingerprint density at radius 2 is 1.30 bits per heavy atom. The number of ether oxygens (including phenoxy) is 1. The van der Waals surface area contributed by atoms with Crippen LogP contribution in [0.3, 0.4) is 0 Å². The van der Waals surface area contributed by atoms with Gasteiger partial charge in [-0.15, -0.1) is 0 Å². The van der Waals surface area contributed by atoms with Gasteiger partial charge >= 0.3 is 0 Å². The molecule has 0 bridgehead atoms. The molecule has 0 aromatic heterocycles. The summed E-state index contributed by atoms with van der Waals surface area (Å²) < 4.78 is 5.28. The van der Waals surface area contributed by atoms with E-state index in [1.807, 2.05) is 55.5 Å². The van der Waals surface area contributed by atoms with Gasteiger partial charge in [-0.2, -0.15) is 0 Å². The molecule has 3 rings (SSSR count). The number of methoxy groups -OCH3 is 1. The number of amides is 2. The Kier molecular flexibility index (Phi) is 6.12. The second kappa shape index (κ2) is 8.71. The minimum atomic E-state index is -0.0718.